The SMILES string of the molecule is C[C@@H]1[C@H](O)[C@@H](C)/C=C/C=C/C=C/C=C/C=C/C=C/C=C/[C@H](OC2O[C@H](C)[C@@H](O)[C@H](NC[C@@]3(O)OC[C@@H](O)[C@@H](O)[C@@H]3O)[C@@H]2O)CC2O[C@](O)(C[C@@H](O)C[C@@H](O)[C@H](O)CC[C@@H](O)C[C@@H](O)CC(=O)O[C@H]1C)C[C@H](O)C2C(=O)NN1CCN(C)CC1. The molecular formula is C58H94N4O21. The van der Waals surface area contributed by atoms with Crippen molar-refractivity contribution in [3.8, 4) is 0 Å². The predicted molar refractivity (Wildman–Crippen MR) is 299 cm³/mol. The van der Waals surface area contributed by atoms with Crippen molar-refractivity contribution in [2.45, 2.75) is 201 Å². The average molecular weight is 1180 g/mol. The minimum atomic E-state index is -2.47. The topological polar surface area (TPSA) is 394 Å². The van der Waals surface area contributed by atoms with Gasteiger partial charge in [0.1, 0.15) is 30.5 Å². The highest BCUT2D eigenvalue weighted by molar-refractivity contribution is 5.79. The van der Waals surface area contributed by atoms with Crippen molar-refractivity contribution in [1.82, 2.24) is 20.7 Å². The molecular weight excluding hydrogens is 1090 g/mol. The number of hydrazine groups is 1. The number of likely N-dealkylation sites (N-methyl/N-ethyl adjacent to an activating group) is 1. The molecule has 0 radical (unpaired) electrons. The van der Waals surface area contributed by atoms with Crippen molar-refractivity contribution in [2.75, 3.05) is 46.4 Å². The standard InChI is InChI=1S/C58H94N4O21/c1-34-18-16-14-12-10-8-6-7-9-11-13-15-17-19-41(82-56-53(74)49(51(72)37(4)81-56)59-33-58(78)54(75)52(73)45(69)32-79-58)29-46-48(55(76)60-62-24-22-61(5)23-25-62)44(68)31-57(77,83-46)30-40(65)27-43(67)42(66)21-20-38(63)26-39(64)28-47(70)80-36(3)35(2)50(34)71/h6-19,34-46,48-54,56,59,63-69,71-75,77-78H,20-33H2,1-5H3,(H,60,76)/b7-6+,10-8+,11-9+,14-12+,15-13+,18-16+,19-17+/t34-,35-,36-,37+,38+,39+,40-,41-,42+,43+,44-,45+,46?,48?,49-,50+,51+,52+,53-,54-,56?,57+,58+/m0/s1. The molecule has 4 fully saturated rings. The smallest absolute Gasteiger partial charge is 0.308 e. The number of hydrogen-bond donors (Lipinski definition) is 16. The van der Waals surface area contributed by atoms with Crippen LogP contribution in [0, 0.1) is 17.8 Å². The molecule has 472 valence electrons. The third kappa shape index (κ3) is 21.6. The number of rotatable bonds is 7. The van der Waals surface area contributed by atoms with Gasteiger partial charge in [0.2, 0.25) is 11.7 Å². The summed E-state index contributed by atoms with van der Waals surface area (Å²) >= 11 is 0. The first-order chi connectivity index (χ1) is 39.2. The molecule has 0 aromatic carbocycles. The Balaban J connectivity index is 1.43. The highest BCUT2D eigenvalue weighted by Crippen LogP contribution is 2.39. The lowest BCUT2D eigenvalue weighted by Crippen LogP contribution is -2.69. The van der Waals surface area contributed by atoms with E-state index < -0.39 is 184 Å². The number of esters is 1. The summed E-state index contributed by atoms with van der Waals surface area (Å²) in [7, 11) is 1.93. The van der Waals surface area contributed by atoms with Gasteiger partial charge < -0.3 is 105 Å². The molecule has 0 aromatic heterocycles. The van der Waals surface area contributed by atoms with Crippen molar-refractivity contribution in [3.63, 3.8) is 0 Å². The third-order valence-electron chi connectivity index (χ3n) is 16.0. The Kier molecular flexibility index (Phi) is 28.2. The molecule has 0 aromatic rings. The van der Waals surface area contributed by atoms with E-state index in [0.29, 0.717) is 26.2 Å². The molecule has 16 N–H and O–H groups in total. The number of amides is 1. The van der Waals surface area contributed by atoms with Crippen LogP contribution in [0.5, 0.6) is 0 Å². The summed E-state index contributed by atoms with van der Waals surface area (Å²) in [6.45, 7) is 7.62. The molecule has 0 saturated carbocycles. The lowest BCUT2D eigenvalue weighted by Gasteiger charge is -2.47. The van der Waals surface area contributed by atoms with Crippen LogP contribution in [-0.2, 0) is 33.3 Å². The zero-order valence-corrected chi connectivity index (χ0v) is 48.1. The summed E-state index contributed by atoms with van der Waals surface area (Å²) in [4.78, 5) is 29.1. The fourth-order valence-corrected chi connectivity index (χ4v) is 10.7. The predicted octanol–water partition coefficient (Wildman–Crippen LogP) is -2.66. The highest BCUT2D eigenvalue weighted by atomic mass is 16.7. The van der Waals surface area contributed by atoms with E-state index in [-0.39, 0.29) is 31.6 Å². The fraction of sp³-hybridized carbons (Fsp3) is 0.724. The molecule has 5 aliphatic rings. The van der Waals surface area contributed by atoms with Gasteiger partial charge in [-0.1, -0.05) is 98.9 Å². The van der Waals surface area contributed by atoms with Crippen molar-refractivity contribution in [3.05, 3.63) is 85.1 Å². The van der Waals surface area contributed by atoms with Crippen LogP contribution in [0.25, 0.3) is 0 Å². The van der Waals surface area contributed by atoms with Crippen LogP contribution in [-0.4, -0.2) is 261 Å². The largest absolute Gasteiger partial charge is 0.462 e. The molecule has 5 heterocycles. The summed E-state index contributed by atoms with van der Waals surface area (Å²) in [5, 5.41) is 159. The van der Waals surface area contributed by atoms with E-state index in [4.69, 9.17) is 23.7 Å². The van der Waals surface area contributed by atoms with Gasteiger partial charge in [0.25, 0.3) is 0 Å². The molecule has 1 amide bonds. The number of fused-ring (bicyclic) bond motifs is 2. The van der Waals surface area contributed by atoms with Gasteiger partial charge in [-0.2, -0.15) is 0 Å². The molecule has 0 aliphatic carbocycles. The second-order valence-corrected chi connectivity index (χ2v) is 23.0. The number of nitrogens with zero attached hydrogens (tertiary/aromatic N) is 2. The van der Waals surface area contributed by atoms with Gasteiger partial charge in [-0.15, -0.1) is 0 Å². The van der Waals surface area contributed by atoms with Crippen LogP contribution in [0.4, 0.5) is 0 Å². The van der Waals surface area contributed by atoms with E-state index in [2.05, 4.69) is 15.6 Å². The molecule has 25 heteroatoms. The Morgan fingerprint density at radius 3 is 1.88 bits per heavy atom. The zero-order valence-electron chi connectivity index (χ0n) is 48.1. The molecule has 5 aliphatic heterocycles. The number of cyclic esters (lactones) is 1. The van der Waals surface area contributed by atoms with Crippen LogP contribution >= 0.6 is 0 Å². The number of ether oxygens (including phenoxy) is 5. The van der Waals surface area contributed by atoms with Crippen LogP contribution in [0.1, 0.15) is 79.1 Å². The zero-order chi connectivity index (χ0) is 61.2. The summed E-state index contributed by atoms with van der Waals surface area (Å²) < 4.78 is 29.5. The number of aliphatic hydroxyl groups is 14. The number of carbonyl (C=O) groups is 2. The quantitative estimate of drug-likeness (QED) is 0.116. The average Bonchev–Trinajstić information content (AvgIpc) is 3.08. The summed E-state index contributed by atoms with van der Waals surface area (Å²) in [6.07, 6.45) is -3.03. The van der Waals surface area contributed by atoms with E-state index in [0.717, 1.165) is 0 Å². The summed E-state index contributed by atoms with van der Waals surface area (Å²) in [5.74, 6) is -8.41. The minimum absolute atomic E-state index is 0.129. The van der Waals surface area contributed by atoms with Crippen molar-refractivity contribution >= 4 is 11.9 Å². The van der Waals surface area contributed by atoms with Gasteiger partial charge in [0.05, 0.1) is 98.7 Å². The van der Waals surface area contributed by atoms with Gasteiger partial charge in [-0.3, -0.25) is 15.0 Å². The number of nitrogens with one attached hydrogen (secondary N) is 2. The maximum Gasteiger partial charge on any atom is 0.308 e. The maximum absolute atomic E-state index is 14.3. The van der Waals surface area contributed by atoms with E-state index in [9.17, 15) is 81.1 Å². The normalized spacial score (nSPS) is 45.4. The number of piperazine rings is 1. The first kappa shape index (κ1) is 70.0. The number of hydrogen-bond acceptors (Lipinski definition) is 24. The van der Waals surface area contributed by atoms with Crippen molar-refractivity contribution < 1.29 is 105 Å². The Labute approximate surface area is 485 Å². The first-order valence-electron chi connectivity index (χ1n) is 28.8. The molecule has 4 saturated heterocycles. The minimum Gasteiger partial charge on any atom is -0.462 e. The monoisotopic (exact) mass is 1180 g/mol. The van der Waals surface area contributed by atoms with E-state index in [1.54, 1.807) is 91.8 Å². The molecule has 3 unspecified atom stereocenters. The molecule has 0 spiro atoms. The first-order valence-corrected chi connectivity index (χ1v) is 28.8. The molecule has 25 nitrogen and oxygen atoms in total. The summed E-state index contributed by atoms with van der Waals surface area (Å²) in [5.41, 5.74) is 2.86. The Morgan fingerprint density at radius 1 is 0.651 bits per heavy atom. The van der Waals surface area contributed by atoms with E-state index in [1.807, 2.05) is 20.0 Å². The van der Waals surface area contributed by atoms with Crippen LogP contribution in [0.2, 0.25) is 0 Å². The van der Waals surface area contributed by atoms with Crippen molar-refractivity contribution in [2.24, 2.45) is 17.8 Å². The van der Waals surface area contributed by atoms with Crippen molar-refractivity contribution in [1.29, 1.82) is 0 Å². The lowest BCUT2D eigenvalue weighted by atomic mass is 9.82. The second-order valence-electron chi connectivity index (χ2n) is 23.0. The van der Waals surface area contributed by atoms with Gasteiger partial charge in [0.15, 0.2) is 12.1 Å². The number of aliphatic hydroxyl groups excluding tert-OH is 12. The van der Waals surface area contributed by atoms with Crippen LogP contribution in [0.3, 0.4) is 0 Å². The number of carbonyl (C=O) groups excluding carboxylic acids is 2. The second kappa shape index (κ2) is 33.4. The Hall–Kier alpha value is -3.72. The van der Waals surface area contributed by atoms with Gasteiger partial charge >= 0.3 is 5.97 Å². The Bertz CT molecular complexity index is 2200. The molecule has 5 rings (SSSR count). The fourth-order valence-electron chi connectivity index (χ4n) is 10.7. The van der Waals surface area contributed by atoms with E-state index >= 15 is 0 Å². The summed E-state index contributed by atoms with van der Waals surface area (Å²) in [6, 6.07) is -1.34. The van der Waals surface area contributed by atoms with Gasteiger partial charge in [-0.25, -0.2) is 5.01 Å². The third-order valence-corrected chi connectivity index (χ3v) is 16.0. The van der Waals surface area contributed by atoms with Crippen LogP contribution in [0.15, 0.2) is 85.1 Å². The molecule has 23 atom stereocenters. The Morgan fingerprint density at radius 2 is 1.25 bits per heavy atom. The van der Waals surface area contributed by atoms with Gasteiger partial charge in [-0.05, 0) is 40.2 Å². The van der Waals surface area contributed by atoms with Crippen LogP contribution < -0.4 is 10.7 Å². The van der Waals surface area contributed by atoms with Gasteiger partial charge in [0, 0.05) is 63.7 Å². The van der Waals surface area contributed by atoms with E-state index in [1.165, 1.54) is 13.0 Å². The highest BCUT2D eigenvalue weighted by Gasteiger charge is 2.53. The molecule has 83 heavy (non-hydrogen) atoms. The maximum atomic E-state index is 14.3. The number of allylic oxidation sites excluding steroid dienone is 12. The lowest BCUT2D eigenvalue weighted by molar-refractivity contribution is -0.323. The molecule has 2 bridgehead atoms.